The average molecular weight is 276 g/mol. The molecule has 0 radical (unpaired) electrons. The molecule has 0 saturated heterocycles. The summed E-state index contributed by atoms with van der Waals surface area (Å²) in [6.45, 7) is 0. The fourth-order valence-corrected chi connectivity index (χ4v) is 2.31. The van der Waals surface area contributed by atoms with E-state index in [-0.39, 0.29) is 16.7 Å². The van der Waals surface area contributed by atoms with Gasteiger partial charge in [-0.1, -0.05) is 6.07 Å². The summed E-state index contributed by atoms with van der Waals surface area (Å²) in [5.41, 5.74) is 6.53. The summed E-state index contributed by atoms with van der Waals surface area (Å²) in [7, 11) is -2.40. The maximum absolute atomic E-state index is 11.4. The topological polar surface area (TPSA) is 95.4 Å². The van der Waals surface area contributed by atoms with Gasteiger partial charge < -0.3 is 10.5 Å². The molecule has 1 atom stereocenters. The quantitative estimate of drug-likeness (QED) is 0.667. The van der Waals surface area contributed by atoms with Crippen LogP contribution in [0, 0.1) is 0 Å². The summed E-state index contributed by atoms with van der Waals surface area (Å²) in [5.74, 6) is 0.757. The van der Waals surface area contributed by atoms with Crippen molar-refractivity contribution >= 4 is 22.7 Å². The molecule has 0 aromatic heterocycles. The Morgan fingerprint density at radius 3 is 2.59 bits per heavy atom. The van der Waals surface area contributed by atoms with E-state index in [0.717, 1.165) is 5.56 Å². The Morgan fingerprint density at radius 2 is 2.12 bits per heavy atom. The number of sulfonamides is 1. The number of hydrogen-bond acceptors (Lipinski definition) is 5. The first-order valence-electron chi connectivity index (χ1n) is 4.94. The highest BCUT2D eigenvalue weighted by Crippen LogP contribution is 2.24. The standard InChI is InChI=1S/C10H16N2O3S2/c1-15-9-3-2-7(4-8(11)6-16)5-10(9)17(12,13)14/h2-3,5,8,16H,4,6,11H2,1H3,(H2,12,13,14). The smallest absolute Gasteiger partial charge is 0.241 e. The van der Waals surface area contributed by atoms with Gasteiger partial charge in [-0.15, -0.1) is 0 Å². The number of primary sulfonamides is 1. The second kappa shape index (κ2) is 5.72. The monoisotopic (exact) mass is 276 g/mol. The minimum Gasteiger partial charge on any atom is -0.495 e. The molecule has 1 aromatic carbocycles. The first-order valence-corrected chi connectivity index (χ1v) is 7.12. The van der Waals surface area contributed by atoms with Gasteiger partial charge in [0.2, 0.25) is 10.0 Å². The summed E-state index contributed by atoms with van der Waals surface area (Å²) < 4.78 is 27.7. The van der Waals surface area contributed by atoms with Gasteiger partial charge in [0.05, 0.1) is 7.11 Å². The van der Waals surface area contributed by atoms with Crippen LogP contribution in [0.5, 0.6) is 5.75 Å². The Hall–Kier alpha value is -0.760. The van der Waals surface area contributed by atoms with Crippen LogP contribution >= 0.6 is 12.6 Å². The van der Waals surface area contributed by atoms with Gasteiger partial charge in [-0.2, -0.15) is 12.6 Å². The lowest BCUT2D eigenvalue weighted by atomic mass is 10.1. The number of methoxy groups -OCH3 is 1. The molecule has 1 aromatic rings. The SMILES string of the molecule is COc1ccc(CC(N)CS)cc1S(N)(=O)=O. The summed E-state index contributed by atoms with van der Waals surface area (Å²) in [4.78, 5) is -0.0242. The molecule has 0 spiro atoms. The number of hydrogen-bond donors (Lipinski definition) is 3. The molecule has 0 fully saturated rings. The van der Waals surface area contributed by atoms with E-state index in [9.17, 15) is 8.42 Å². The summed E-state index contributed by atoms with van der Waals surface area (Å²) >= 11 is 4.07. The molecular weight excluding hydrogens is 260 g/mol. The van der Waals surface area contributed by atoms with Crippen molar-refractivity contribution in [3.8, 4) is 5.75 Å². The largest absolute Gasteiger partial charge is 0.495 e. The molecule has 1 unspecified atom stereocenters. The van der Waals surface area contributed by atoms with E-state index in [1.54, 1.807) is 12.1 Å². The molecule has 0 saturated carbocycles. The third kappa shape index (κ3) is 3.88. The Bertz CT molecular complexity index is 488. The van der Waals surface area contributed by atoms with Crippen molar-refractivity contribution in [3.63, 3.8) is 0 Å². The molecule has 0 heterocycles. The maximum atomic E-state index is 11.4. The number of thiol groups is 1. The van der Waals surface area contributed by atoms with E-state index < -0.39 is 10.0 Å². The van der Waals surface area contributed by atoms with Crippen molar-refractivity contribution in [2.75, 3.05) is 12.9 Å². The van der Waals surface area contributed by atoms with Gasteiger partial charge in [0.15, 0.2) is 0 Å². The average Bonchev–Trinajstić information content (AvgIpc) is 2.27. The van der Waals surface area contributed by atoms with Crippen molar-refractivity contribution in [1.82, 2.24) is 0 Å². The van der Waals surface area contributed by atoms with Crippen molar-refractivity contribution in [3.05, 3.63) is 23.8 Å². The van der Waals surface area contributed by atoms with Gasteiger partial charge in [-0.05, 0) is 24.1 Å². The number of rotatable bonds is 5. The van der Waals surface area contributed by atoms with Crippen LogP contribution in [0.3, 0.4) is 0 Å². The van der Waals surface area contributed by atoms with Crippen molar-refractivity contribution in [1.29, 1.82) is 0 Å². The molecule has 4 N–H and O–H groups in total. The lowest BCUT2D eigenvalue weighted by molar-refractivity contribution is 0.402. The fraction of sp³-hybridized carbons (Fsp3) is 0.400. The van der Waals surface area contributed by atoms with E-state index in [1.165, 1.54) is 13.2 Å². The Labute approximate surface area is 107 Å². The van der Waals surface area contributed by atoms with E-state index in [0.29, 0.717) is 12.2 Å². The predicted molar refractivity (Wildman–Crippen MR) is 69.9 cm³/mol. The first-order chi connectivity index (χ1) is 7.88. The fourth-order valence-electron chi connectivity index (χ4n) is 1.44. The Kier molecular flexibility index (Phi) is 4.81. The van der Waals surface area contributed by atoms with Crippen LogP contribution in [-0.2, 0) is 16.4 Å². The number of nitrogens with two attached hydrogens (primary N) is 2. The minimum atomic E-state index is -3.80. The molecular formula is C10H16N2O3S2. The molecule has 1 rings (SSSR count). The van der Waals surface area contributed by atoms with Gasteiger partial charge in [0.25, 0.3) is 0 Å². The van der Waals surface area contributed by atoms with Crippen molar-refractivity contribution < 1.29 is 13.2 Å². The summed E-state index contributed by atoms with van der Waals surface area (Å²) in [6, 6.07) is 4.69. The second-order valence-electron chi connectivity index (χ2n) is 3.68. The van der Waals surface area contributed by atoms with E-state index in [2.05, 4.69) is 12.6 Å². The summed E-state index contributed by atoms with van der Waals surface area (Å²) in [5, 5.41) is 5.11. The van der Waals surface area contributed by atoms with Gasteiger partial charge in [-0.25, -0.2) is 13.6 Å². The molecule has 7 heteroatoms. The highest BCUT2D eigenvalue weighted by atomic mass is 32.2. The van der Waals surface area contributed by atoms with Gasteiger partial charge in [0, 0.05) is 11.8 Å². The first kappa shape index (κ1) is 14.3. The molecule has 5 nitrogen and oxygen atoms in total. The second-order valence-corrected chi connectivity index (χ2v) is 5.57. The summed E-state index contributed by atoms with van der Waals surface area (Å²) in [6.07, 6.45) is 0.538. The molecule has 0 amide bonds. The van der Waals surface area contributed by atoms with Crippen LogP contribution in [0.4, 0.5) is 0 Å². The lowest BCUT2D eigenvalue weighted by Gasteiger charge is -2.11. The van der Waals surface area contributed by atoms with Gasteiger partial charge in [-0.3, -0.25) is 0 Å². The van der Waals surface area contributed by atoms with Crippen LogP contribution in [0.2, 0.25) is 0 Å². The van der Waals surface area contributed by atoms with Crippen LogP contribution < -0.4 is 15.6 Å². The van der Waals surface area contributed by atoms with E-state index in [4.69, 9.17) is 15.6 Å². The zero-order valence-electron chi connectivity index (χ0n) is 9.46. The Morgan fingerprint density at radius 1 is 1.47 bits per heavy atom. The van der Waals surface area contributed by atoms with Crippen LogP contribution in [0.1, 0.15) is 5.56 Å². The van der Waals surface area contributed by atoms with Crippen LogP contribution in [-0.4, -0.2) is 27.3 Å². The molecule has 0 aliphatic heterocycles. The molecule has 0 bridgehead atoms. The zero-order chi connectivity index (χ0) is 13.1. The Balaban J connectivity index is 3.14. The van der Waals surface area contributed by atoms with Crippen molar-refractivity contribution in [2.45, 2.75) is 17.4 Å². The van der Waals surface area contributed by atoms with Gasteiger partial charge >= 0.3 is 0 Å². The van der Waals surface area contributed by atoms with Crippen LogP contribution in [0.25, 0.3) is 0 Å². The number of benzene rings is 1. The molecule has 0 aliphatic rings. The lowest BCUT2D eigenvalue weighted by Crippen LogP contribution is -2.24. The highest BCUT2D eigenvalue weighted by Gasteiger charge is 2.16. The van der Waals surface area contributed by atoms with E-state index in [1.807, 2.05) is 0 Å². The molecule has 0 aliphatic carbocycles. The third-order valence-electron chi connectivity index (χ3n) is 2.27. The number of ether oxygens (including phenoxy) is 1. The third-order valence-corrected chi connectivity index (χ3v) is 3.67. The highest BCUT2D eigenvalue weighted by molar-refractivity contribution is 7.89. The van der Waals surface area contributed by atoms with E-state index >= 15 is 0 Å². The van der Waals surface area contributed by atoms with Gasteiger partial charge in [0.1, 0.15) is 10.6 Å². The van der Waals surface area contributed by atoms with Crippen LogP contribution in [0.15, 0.2) is 23.1 Å². The van der Waals surface area contributed by atoms with Crippen molar-refractivity contribution in [2.24, 2.45) is 10.9 Å². The maximum Gasteiger partial charge on any atom is 0.241 e. The minimum absolute atomic E-state index is 0.0242. The zero-order valence-corrected chi connectivity index (χ0v) is 11.2. The molecule has 17 heavy (non-hydrogen) atoms. The normalized spacial score (nSPS) is 13.4. The molecule has 96 valence electrons. The predicted octanol–water partition coefficient (Wildman–Crippen LogP) is 0.142.